The molecule has 0 spiro atoms. The number of alkyl halides is 6. The zero-order chi connectivity index (χ0) is 22.5. The molecule has 1 aliphatic carbocycles. The number of rotatable bonds is 6. The van der Waals surface area contributed by atoms with Gasteiger partial charge in [-0.05, 0) is 48.5 Å². The van der Waals surface area contributed by atoms with E-state index in [4.69, 9.17) is 10.2 Å². The van der Waals surface area contributed by atoms with E-state index in [2.05, 4.69) is 9.47 Å². The van der Waals surface area contributed by atoms with Crippen molar-refractivity contribution in [2.24, 2.45) is 0 Å². The average Bonchev–Trinajstić information content (AvgIpc) is 2.67. The molecule has 0 aliphatic heterocycles. The maximum Gasteiger partial charge on any atom is 0.395 e. The minimum absolute atomic E-state index is 0.359. The van der Waals surface area contributed by atoms with Gasteiger partial charge in [-0.3, -0.25) is 0 Å². The summed E-state index contributed by atoms with van der Waals surface area (Å²) in [6.07, 6.45) is 0. The summed E-state index contributed by atoms with van der Waals surface area (Å²) in [5.74, 6) is -25.9. The third kappa shape index (κ3) is 2.74. The van der Waals surface area contributed by atoms with Crippen molar-refractivity contribution in [3.8, 4) is 11.5 Å². The van der Waals surface area contributed by atoms with E-state index in [1.165, 1.54) is 0 Å². The predicted molar refractivity (Wildman–Crippen MR) is 85.6 cm³/mol. The summed E-state index contributed by atoms with van der Waals surface area (Å²) in [5.41, 5.74) is -0.718. The number of ether oxygens (including phenoxy) is 2. The molecule has 6 nitrogen and oxygen atoms in total. The van der Waals surface area contributed by atoms with Crippen LogP contribution in [0.1, 0.15) is 20.7 Å². The predicted octanol–water partition coefficient (Wildman–Crippen LogP) is 4.16. The van der Waals surface area contributed by atoms with E-state index in [-0.39, 0.29) is 11.1 Å². The van der Waals surface area contributed by atoms with Crippen LogP contribution in [0.3, 0.4) is 0 Å². The number of carboxylic acids is 2. The van der Waals surface area contributed by atoms with Crippen LogP contribution in [0.5, 0.6) is 11.5 Å². The lowest BCUT2D eigenvalue weighted by molar-refractivity contribution is -0.527. The molecule has 2 atom stereocenters. The maximum atomic E-state index is 14.9. The summed E-state index contributed by atoms with van der Waals surface area (Å²) in [6.45, 7) is 0. The summed E-state index contributed by atoms with van der Waals surface area (Å²) in [6, 6.07) is 5.84. The highest BCUT2D eigenvalue weighted by atomic mass is 19.3. The topological polar surface area (TPSA) is 93.1 Å². The van der Waals surface area contributed by atoms with Gasteiger partial charge in [0.1, 0.15) is 11.5 Å². The maximum absolute atomic E-state index is 14.9. The van der Waals surface area contributed by atoms with Gasteiger partial charge in [0.25, 0.3) is 0 Å². The van der Waals surface area contributed by atoms with Gasteiger partial charge < -0.3 is 19.7 Å². The van der Waals surface area contributed by atoms with Crippen LogP contribution in [-0.2, 0) is 0 Å². The highest BCUT2D eigenvalue weighted by molar-refractivity contribution is 5.88. The van der Waals surface area contributed by atoms with Crippen molar-refractivity contribution in [3.63, 3.8) is 0 Å². The fourth-order valence-electron chi connectivity index (χ4n) is 2.66. The molecule has 0 saturated heterocycles. The molecule has 160 valence electrons. The number of hydrogen-bond acceptors (Lipinski definition) is 4. The number of carboxylic acid groups (broad SMARTS) is 2. The number of carbonyl (C=O) groups is 2. The highest BCUT2D eigenvalue weighted by Crippen LogP contribution is 2.68. The lowest BCUT2D eigenvalue weighted by Gasteiger charge is -2.55. The van der Waals surface area contributed by atoms with Crippen LogP contribution in [0, 0.1) is 0 Å². The molecule has 0 amide bonds. The van der Waals surface area contributed by atoms with E-state index in [1.807, 2.05) is 0 Å². The first-order valence-corrected chi connectivity index (χ1v) is 7.95. The Balaban J connectivity index is 1.95. The lowest BCUT2D eigenvalue weighted by atomic mass is 9.76. The number of hydrogen-bond donors (Lipinski definition) is 2. The van der Waals surface area contributed by atoms with Crippen molar-refractivity contribution in [1.29, 1.82) is 0 Å². The van der Waals surface area contributed by atoms with Crippen molar-refractivity contribution in [1.82, 2.24) is 0 Å². The highest BCUT2D eigenvalue weighted by Gasteiger charge is 3.03. The minimum Gasteiger partial charge on any atom is -0.478 e. The molecule has 1 aliphatic rings. The van der Waals surface area contributed by atoms with Crippen LogP contribution < -0.4 is 9.47 Å². The molecule has 0 aromatic heterocycles. The quantitative estimate of drug-likeness (QED) is 0.661. The standard InChI is InChI=1S/C18H10F6O6/c19-15(20)16(21,22)18(24,30-12-7-3-10(4-8-12)14(27)28)17(15,23)29-11-5-1-9(2-6-11)13(25)26/h1-8H,(H,25,26)(H,27,28)/t17-,18-/m0/s1. The van der Waals surface area contributed by atoms with E-state index in [1.54, 1.807) is 0 Å². The van der Waals surface area contributed by atoms with E-state index >= 15 is 0 Å². The van der Waals surface area contributed by atoms with Crippen LogP contribution in [0.25, 0.3) is 0 Å². The second-order valence-corrected chi connectivity index (χ2v) is 6.20. The Morgan fingerprint density at radius 3 is 1.10 bits per heavy atom. The smallest absolute Gasteiger partial charge is 0.395 e. The lowest BCUT2D eigenvalue weighted by Crippen LogP contribution is -2.89. The van der Waals surface area contributed by atoms with Crippen molar-refractivity contribution in [2.45, 2.75) is 23.6 Å². The van der Waals surface area contributed by atoms with Crippen LogP contribution in [0.15, 0.2) is 48.5 Å². The third-order valence-corrected chi connectivity index (χ3v) is 4.34. The molecule has 12 heteroatoms. The Kier molecular flexibility index (Phi) is 4.64. The summed E-state index contributed by atoms with van der Waals surface area (Å²) >= 11 is 0. The zero-order valence-electron chi connectivity index (χ0n) is 14.4. The second kappa shape index (κ2) is 6.54. The van der Waals surface area contributed by atoms with Gasteiger partial charge in [0.05, 0.1) is 11.1 Å². The van der Waals surface area contributed by atoms with Gasteiger partial charge in [0.15, 0.2) is 0 Å². The van der Waals surface area contributed by atoms with Crippen molar-refractivity contribution in [3.05, 3.63) is 59.7 Å². The van der Waals surface area contributed by atoms with E-state index in [9.17, 15) is 35.9 Å². The molecule has 2 N–H and O–H groups in total. The molecule has 2 aromatic carbocycles. The summed E-state index contributed by atoms with van der Waals surface area (Å²) < 4.78 is 93.7. The Hall–Kier alpha value is -3.44. The fraction of sp³-hybridized carbons (Fsp3) is 0.222. The molecule has 0 bridgehead atoms. The SMILES string of the molecule is O=C(O)c1ccc(O[C@@]2(F)C(F)(F)C(F)(F)[C@]2(F)Oc2ccc(C(=O)O)cc2)cc1. The van der Waals surface area contributed by atoms with E-state index in [0.717, 1.165) is 24.3 Å². The van der Waals surface area contributed by atoms with E-state index < -0.39 is 47.0 Å². The Morgan fingerprint density at radius 1 is 0.600 bits per heavy atom. The molecule has 0 unspecified atom stereocenters. The Morgan fingerprint density at radius 2 is 0.867 bits per heavy atom. The molecule has 30 heavy (non-hydrogen) atoms. The van der Waals surface area contributed by atoms with Crippen LogP contribution in [0.2, 0.25) is 0 Å². The molecule has 1 fully saturated rings. The van der Waals surface area contributed by atoms with Crippen molar-refractivity contribution < 1.29 is 55.6 Å². The molecule has 2 aromatic rings. The van der Waals surface area contributed by atoms with Crippen molar-refractivity contribution in [2.75, 3.05) is 0 Å². The van der Waals surface area contributed by atoms with Crippen LogP contribution in [0.4, 0.5) is 26.3 Å². The van der Waals surface area contributed by atoms with Gasteiger partial charge >= 0.3 is 35.5 Å². The monoisotopic (exact) mass is 436 g/mol. The Bertz CT molecular complexity index is 912. The van der Waals surface area contributed by atoms with E-state index in [0.29, 0.717) is 24.3 Å². The average molecular weight is 436 g/mol. The number of benzene rings is 2. The van der Waals surface area contributed by atoms with Gasteiger partial charge in [-0.1, -0.05) is 0 Å². The minimum atomic E-state index is -5.67. The zero-order valence-corrected chi connectivity index (χ0v) is 14.4. The molecule has 0 heterocycles. The second-order valence-electron chi connectivity index (χ2n) is 6.20. The van der Waals surface area contributed by atoms with Gasteiger partial charge in [-0.25, -0.2) is 9.59 Å². The number of aromatic carboxylic acids is 2. The molecular formula is C18H10F6O6. The molecular weight excluding hydrogens is 426 g/mol. The third-order valence-electron chi connectivity index (χ3n) is 4.34. The summed E-state index contributed by atoms with van der Waals surface area (Å²) in [5, 5.41) is 17.5. The first-order valence-electron chi connectivity index (χ1n) is 7.95. The largest absolute Gasteiger partial charge is 0.478 e. The van der Waals surface area contributed by atoms with Crippen molar-refractivity contribution >= 4 is 11.9 Å². The molecule has 0 radical (unpaired) electrons. The van der Waals surface area contributed by atoms with Gasteiger partial charge in [0.2, 0.25) is 0 Å². The first-order chi connectivity index (χ1) is 13.8. The van der Waals surface area contributed by atoms with Crippen LogP contribution in [-0.4, -0.2) is 45.7 Å². The van der Waals surface area contributed by atoms with Gasteiger partial charge in [-0.15, -0.1) is 0 Å². The van der Waals surface area contributed by atoms with Crippen LogP contribution >= 0.6 is 0 Å². The number of halogens is 6. The summed E-state index contributed by atoms with van der Waals surface area (Å²) in [4.78, 5) is 21.5. The first kappa shape index (κ1) is 21.3. The fourth-order valence-corrected chi connectivity index (χ4v) is 2.66. The van der Waals surface area contributed by atoms with Gasteiger partial charge in [-0.2, -0.15) is 26.3 Å². The molecule has 3 rings (SSSR count). The summed E-state index contributed by atoms with van der Waals surface area (Å²) in [7, 11) is 0. The molecule has 1 saturated carbocycles. The van der Waals surface area contributed by atoms with Gasteiger partial charge in [0, 0.05) is 0 Å². The Labute approximate surface area is 163 Å². The normalized spacial score (nSPS) is 26.3.